The van der Waals surface area contributed by atoms with Crippen LogP contribution >= 0.6 is 22.7 Å². The largest absolute Gasteiger partial charge is 0.444 e. The minimum atomic E-state index is -0.821. The number of nitrogens with zero attached hydrogens (tertiary/aromatic N) is 3. The number of unbranched alkanes of at least 4 members (excludes halogenated alkanes) is 1. The van der Waals surface area contributed by atoms with Crippen LogP contribution in [0.4, 0.5) is 9.59 Å². The van der Waals surface area contributed by atoms with Gasteiger partial charge in [-0.3, -0.25) is 9.78 Å². The summed E-state index contributed by atoms with van der Waals surface area (Å²) in [4.78, 5) is 62.4. The first kappa shape index (κ1) is 42.1. The Labute approximate surface area is 326 Å². The summed E-state index contributed by atoms with van der Waals surface area (Å²) in [5, 5.41) is 15.5. The number of aromatic nitrogens is 2. The maximum atomic E-state index is 14.1. The fourth-order valence-corrected chi connectivity index (χ4v) is 7.13. The van der Waals surface area contributed by atoms with Gasteiger partial charge in [0.25, 0.3) is 0 Å². The number of urea groups is 1. The standard InChI is InChI=1S/C40H53N7O5S2/c1-29(2)38-44-34(27-53-38)25-47(3)39(50)46-36(18-20-41-19-10-11-21-48)37(49)43-32(22-30-12-6-4-7-13-30)16-17-33(23-31-14-8-5-9-15-31)45-40(51)52-26-35-24-42-28-54-35/h4-9,12-15,21,24,27-29,32-33,36,41H,10-11,16-20,22-23,25-26H2,1-3H3,(H,43,49)(H,45,51)(H,46,50)/t32-,33-,36-/m0/s1. The number of carbonyl (C=O) groups is 4. The van der Waals surface area contributed by atoms with Crippen LogP contribution in [0.2, 0.25) is 0 Å². The number of hydrogen-bond donors (Lipinski definition) is 4. The fraction of sp³-hybridized carbons (Fsp3) is 0.450. The molecule has 4 rings (SSSR count). The minimum Gasteiger partial charge on any atom is -0.444 e. The number of ether oxygens (including phenoxy) is 1. The Morgan fingerprint density at radius 1 is 0.870 bits per heavy atom. The van der Waals surface area contributed by atoms with Crippen molar-refractivity contribution < 1.29 is 23.9 Å². The van der Waals surface area contributed by atoms with Gasteiger partial charge in [0.1, 0.15) is 18.9 Å². The Balaban J connectivity index is 1.46. The van der Waals surface area contributed by atoms with E-state index in [2.05, 4.69) is 45.1 Å². The molecule has 0 spiro atoms. The average Bonchev–Trinajstić information content (AvgIpc) is 3.87. The molecule has 290 valence electrons. The molecule has 2 aromatic heterocycles. The fourth-order valence-electron chi connectivity index (χ4n) is 5.80. The Bertz CT molecular complexity index is 1690. The predicted molar refractivity (Wildman–Crippen MR) is 213 cm³/mol. The van der Waals surface area contributed by atoms with Crippen LogP contribution < -0.4 is 21.3 Å². The van der Waals surface area contributed by atoms with Gasteiger partial charge in [-0.05, 0) is 62.7 Å². The number of alkyl carbamates (subject to hydrolysis) is 1. The summed E-state index contributed by atoms with van der Waals surface area (Å²) in [7, 11) is 1.69. The third-order valence-electron chi connectivity index (χ3n) is 8.72. The van der Waals surface area contributed by atoms with Gasteiger partial charge in [-0.25, -0.2) is 14.6 Å². The summed E-state index contributed by atoms with van der Waals surface area (Å²) in [5.41, 5.74) is 4.62. The van der Waals surface area contributed by atoms with Crippen LogP contribution in [-0.2, 0) is 40.3 Å². The average molecular weight is 776 g/mol. The van der Waals surface area contributed by atoms with E-state index in [4.69, 9.17) is 4.74 Å². The van der Waals surface area contributed by atoms with Gasteiger partial charge in [0.05, 0.1) is 27.6 Å². The van der Waals surface area contributed by atoms with Gasteiger partial charge in [0.15, 0.2) is 0 Å². The van der Waals surface area contributed by atoms with Crippen molar-refractivity contribution in [1.82, 2.24) is 36.1 Å². The first-order chi connectivity index (χ1) is 26.2. The SMILES string of the molecule is CC(C)c1nc(CN(C)C(=O)N[C@@H](CCNCCCC=O)C(=O)N[C@@H](CC[C@@H](Cc2ccccc2)NC(=O)OCc2cncs2)Cc2ccccc2)cs1. The highest BCUT2D eigenvalue weighted by atomic mass is 32.1. The number of thiazole rings is 2. The molecule has 4 amide bonds. The molecule has 2 heterocycles. The van der Waals surface area contributed by atoms with Crippen molar-refractivity contribution in [2.75, 3.05) is 20.1 Å². The Hall–Kier alpha value is -4.66. The second-order valence-electron chi connectivity index (χ2n) is 13.6. The zero-order chi connectivity index (χ0) is 38.5. The first-order valence-corrected chi connectivity index (χ1v) is 20.2. The molecule has 0 unspecified atom stereocenters. The number of hydrogen-bond acceptors (Lipinski definition) is 10. The predicted octanol–water partition coefficient (Wildman–Crippen LogP) is 6.24. The highest BCUT2D eigenvalue weighted by Gasteiger charge is 2.26. The molecule has 0 bridgehead atoms. The van der Waals surface area contributed by atoms with E-state index in [1.54, 1.807) is 30.1 Å². The van der Waals surface area contributed by atoms with Gasteiger partial charge in [-0.15, -0.1) is 22.7 Å². The Morgan fingerprint density at radius 2 is 1.54 bits per heavy atom. The molecule has 0 fully saturated rings. The van der Waals surface area contributed by atoms with E-state index < -0.39 is 12.1 Å². The van der Waals surface area contributed by atoms with Crippen molar-refractivity contribution in [3.05, 3.63) is 104 Å². The maximum Gasteiger partial charge on any atom is 0.407 e. The lowest BCUT2D eigenvalue weighted by Gasteiger charge is -2.27. The quantitative estimate of drug-likeness (QED) is 0.0511. The van der Waals surface area contributed by atoms with Crippen LogP contribution in [0, 0.1) is 0 Å². The number of amides is 4. The summed E-state index contributed by atoms with van der Waals surface area (Å²) in [6.45, 7) is 5.72. The molecule has 12 nitrogen and oxygen atoms in total. The molecule has 4 N–H and O–H groups in total. The third-order valence-corrected chi connectivity index (χ3v) is 10.7. The highest BCUT2D eigenvalue weighted by Crippen LogP contribution is 2.20. The van der Waals surface area contributed by atoms with Crippen molar-refractivity contribution in [2.24, 2.45) is 0 Å². The van der Waals surface area contributed by atoms with Gasteiger partial charge >= 0.3 is 12.1 Å². The summed E-state index contributed by atoms with van der Waals surface area (Å²) in [6.07, 6.45) is 5.81. The molecule has 0 aliphatic carbocycles. The van der Waals surface area contributed by atoms with E-state index in [9.17, 15) is 19.2 Å². The number of nitrogens with one attached hydrogen (secondary N) is 4. The van der Waals surface area contributed by atoms with Crippen LogP contribution in [0.3, 0.4) is 0 Å². The van der Waals surface area contributed by atoms with E-state index >= 15 is 0 Å². The lowest BCUT2D eigenvalue weighted by Crippen LogP contribution is -2.53. The van der Waals surface area contributed by atoms with Crippen LogP contribution in [-0.4, -0.2) is 77.4 Å². The molecule has 0 saturated heterocycles. The topological polar surface area (TPSA) is 155 Å². The molecule has 14 heteroatoms. The van der Waals surface area contributed by atoms with Crippen molar-refractivity contribution in [3.63, 3.8) is 0 Å². The van der Waals surface area contributed by atoms with Gasteiger partial charge in [-0.1, -0.05) is 74.5 Å². The number of aldehydes is 1. The van der Waals surface area contributed by atoms with E-state index in [0.29, 0.717) is 70.5 Å². The lowest BCUT2D eigenvalue weighted by atomic mass is 9.95. The first-order valence-electron chi connectivity index (χ1n) is 18.5. The molecule has 0 radical (unpaired) electrons. The Morgan fingerprint density at radius 3 is 2.13 bits per heavy atom. The molecule has 54 heavy (non-hydrogen) atoms. The smallest absolute Gasteiger partial charge is 0.407 e. The molecule has 0 aliphatic heterocycles. The van der Waals surface area contributed by atoms with Crippen LogP contribution in [0.25, 0.3) is 0 Å². The van der Waals surface area contributed by atoms with E-state index in [1.165, 1.54) is 16.2 Å². The molecule has 0 saturated carbocycles. The van der Waals surface area contributed by atoms with Crippen molar-refractivity contribution in [1.29, 1.82) is 0 Å². The second kappa shape index (κ2) is 23.2. The molecule has 2 aromatic carbocycles. The van der Waals surface area contributed by atoms with E-state index in [-0.39, 0.29) is 30.6 Å². The van der Waals surface area contributed by atoms with E-state index in [1.807, 2.05) is 66.0 Å². The molecule has 4 aromatic rings. The van der Waals surface area contributed by atoms with Gasteiger partial charge in [-0.2, -0.15) is 0 Å². The summed E-state index contributed by atoms with van der Waals surface area (Å²) in [5.74, 6) is 0.00545. The number of carbonyl (C=O) groups excluding carboxylic acids is 4. The molecule has 0 aliphatic rings. The third kappa shape index (κ3) is 15.4. The monoisotopic (exact) mass is 775 g/mol. The van der Waals surface area contributed by atoms with E-state index in [0.717, 1.165) is 33.0 Å². The normalized spacial score (nSPS) is 12.7. The minimum absolute atomic E-state index is 0.137. The number of benzene rings is 2. The second-order valence-corrected chi connectivity index (χ2v) is 15.4. The van der Waals surface area contributed by atoms with Crippen LogP contribution in [0.5, 0.6) is 0 Å². The highest BCUT2D eigenvalue weighted by molar-refractivity contribution is 7.09. The van der Waals surface area contributed by atoms with Crippen molar-refractivity contribution in [2.45, 2.75) is 96.0 Å². The van der Waals surface area contributed by atoms with Gasteiger partial charge < -0.3 is 35.7 Å². The zero-order valence-electron chi connectivity index (χ0n) is 31.4. The van der Waals surface area contributed by atoms with Crippen LogP contribution in [0.15, 0.2) is 77.8 Å². The molecular weight excluding hydrogens is 723 g/mol. The van der Waals surface area contributed by atoms with Crippen molar-refractivity contribution in [3.8, 4) is 0 Å². The lowest BCUT2D eigenvalue weighted by molar-refractivity contribution is -0.123. The number of rotatable bonds is 23. The van der Waals surface area contributed by atoms with Crippen molar-refractivity contribution >= 4 is 47.0 Å². The summed E-state index contributed by atoms with van der Waals surface area (Å²) < 4.78 is 5.51. The maximum absolute atomic E-state index is 14.1. The zero-order valence-corrected chi connectivity index (χ0v) is 33.0. The summed E-state index contributed by atoms with van der Waals surface area (Å²) >= 11 is 2.99. The van der Waals surface area contributed by atoms with Gasteiger partial charge in [0, 0.05) is 43.0 Å². The molecule has 3 atom stereocenters. The van der Waals surface area contributed by atoms with Gasteiger partial charge in [0.2, 0.25) is 5.91 Å². The van der Waals surface area contributed by atoms with Crippen LogP contribution in [0.1, 0.15) is 78.6 Å². The summed E-state index contributed by atoms with van der Waals surface area (Å²) in [6, 6.07) is 18.1. The Kier molecular flexibility index (Phi) is 18.1. The molecular formula is C40H53N7O5S2.